The van der Waals surface area contributed by atoms with E-state index in [2.05, 4.69) is 4.98 Å². The van der Waals surface area contributed by atoms with Crippen LogP contribution in [0.4, 0.5) is 5.82 Å². The number of rotatable bonds is 16. The van der Waals surface area contributed by atoms with E-state index in [0.717, 1.165) is 57.8 Å². The Morgan fingerprint density at radius 1 is 1.06 bits per heavy atom. The van der Waals surface area contributed by atoms with Crippen LogP contribution in [-0.2, 0) is 19.1 Å². The lowest BCUT2D eigenvalue weighted by atomic mass is 10.1. The fraction of sp³-hybridized carbons (Fsp3) is 0.739. The van der Waals surface area contributed by atoms with Crippen molar-refractivity contribution in [3.63, 3.8) is 0 Å². The van der Waals surface area contributed by atoms with E-state index in [9.17, 15) is 19.5 Å². The van der Waals surface area contributed by atoms with E-state index in [1.54, 1.807) is 0 Å². The summed E-state index contributed by atoms with van der Waals surface area (Å²) in [5.74, 6) is -0.922. The van der Waals surface area contributed by atoms with Crippen molar-refractivity contribution in [1.82, 2.24) is 9.55 Å². The number of carbonyl (C=O) groups is 2. The Labute approximate surface area is 194 Å². The number of carboxylic acids is 1. The van der Waals surface area contributed by atoms with Crippen molar-refractivity contribution < 1.29 is 29.3 Å². The van der Waals surface area contributed by atoms with Crippen LogP contribution in [0.3, 0.4) is 0 Å². The zero-order valence-corrected chi connectivity index (χ0v) is 19.2. The normalized spacial score (nSPS) is 20.1. The molecule has 2 rings (SSSR count). The van der Waals surface area contributed by atoms with E-state index in [0.29, 0.717) is 6.42 Å². The first kappa shape index (κ1) is 26.8. The summed E-state index contributed by atoms with van der Waals surface area (Å²) in [7, 11) is 0. The third kappa shape index (κ3) is 10.3. The lowest BCUT2D eigenvalue weighted by molar-refractivity contribution is -0.150. The molecule has 0 bridgehead atoms. The maximum Gasteiger partial charge on any atom is 0.351 e. The van der Waals surface area contributed by atoms with Gasteiger partial charge in [-0.1, -0.05) is 51.4 Å². The molecule has 3 atom stereocenters. The predicted octanol–water partition coefficient (Wildman–Crippen LogP) is 2.78. The average Bonchev–Trinajstić information content (AvgIpc) is 3.13. The number of nitrogens with two attached hydrogens (primary N) is 1. The summed E-state index contributed by atoms with van der Waals surface area (Å²) in [6.45, 7) is -0.0554. The van der Waals surface area contributed by atoms with Gasteiger partial charge in [0.25, 0.3) is 0 Å². The van der Waals surface area contributed by atoms with E-state index in [4.69, 9.17) is 20.3 Å². The maximum absolute atomic E-state index is 12.0. The van der Waals surface area contributed by atoms with Crippen LogP contribution >= 0.6 is 0 Å². The maximum atomic E-state index is 12.0. The Bertz CT molecular complexity index is 799. The van der Waals surface area contributed by atoms with Crippen LogP contribution in [-0.4, -0.2) is 50.5 Å². The molecule has 0 amide bonds. The number of unbranched alkanes of at least 4 members (excludes halogenated alkanes) is 9. The standard InChI is InChI=1S/C23H37N3O7/c24-19-13-14-26(23(31)25-19)20-15-17(27)18(33-20)16-32-22(30)12-10-8-6-4-2-1-3-5-7-9-11-21(28)29/h13-14,17-18,20,27H,1-12,15-16H2,(H,28,29)(H2,24,25,31)/t17-,18+,20+/m0/s1. The number of nitrogen functional groups attached to an aromatic ring is 1. The smallest absolute Gasteiger partial charge is 0.351 e. The summed E-state index contributed by atoms with van der Waals surface area (Å²) in [6.07, 6.45) is 10.3. The molecule has 1 aliphatic heterocycles. The third-order valence-electron chi connectivity index (χ3n) is 5.80. The highest BCUT2D eigenvalue weighted by Crippen LogP contribution is 2.28. The van der Waals surface area contributed by atoms with Crippen molar-refractivity contribution in [2.75, 3.05) is 12.3 Å². The topological polar surface area (TPSA) is 154 Å². The Morgan fingerprint density at radius 2 is 1.64 bits per heavy atom. The molecule has 10 nitrogen and oxygen atoms in total. The summed E-state index contributed by atoms with van der Waals surface area (Å²) >= 11 is 0. The van der Waals surface area contributed by atoms with Crippen LogP contribution in [0.2, 0.25) is 0 Å². The van der Waals surface area contributed by atoms with Crippen molar-refractivity contribution in [2.24, 2.45) is 0 Å². The van der Waals surface area contributed by atoms with Crippen LogP contribution in [0.5, 0.6) is 0 Å². The van der Waals surface area contributed by atoms with Crippen molar-refractivity contribution in [2.45, 2.75) is 102 Å². The first-order chi connectivity index (χ1) is 15.9. The van der Waals surface area contributed by atoms with Gasteiger partial charge in [0.15, 0.2) is 0 Å². The molecule has 10 heteroatoms. The average molecular weight is 468 g/mol. The molecule has 2 heterocycles. The number of carbonyl (C=O) groups excluding carboxylic acids is 1. The van der Waals surface area contributed by atoms with Gasteiger partial charge < -0.3 is 25.4 Å². The van der Waals surface area contributed by atoms with Gasteiger partial charge in [-0.15, -0.1) is 0 Å². The number of nitrogens with zero attached hydrogens (tertiary/aromatic N) is 2. The van der Waals surface area contributed by atoms with Crippen LogP contribution in [0, 0.1) is 0 Å². The zero-order valence-electron chi connectivity index (χ0n) is 19.2. The monoisotopic (exact) mass is 467 g/mol. The van der Waals surface area contributed by atoms with E-state index in [1.165, 1.54) is 23.3 Å². The molecule has 0 unspecified atom stereocenters. The van der Waals surface area contributed by atoms with Gasteiger partial charge in [-0.05, 0) is 18.9 Å². The molecule has 1 saturated heterocycles. The minimum Gasteiger partial charge on any atom is -0.481 e. The number of hydrogen-bond acceptors (Lipinski definition) is 8. The van der Waals surface area contributed by atoms with Gasteiger partial charge >= 0.3 is 17.6 Å². The molecule has 0 radical (unpaired) electrons. The molecule has 186 valence electrons. The van der Waals surface area contributed by atoms with Gasteiger partial charge in [-0.3, -0.25) is 14.2 Å². The quantitative estimate of drug-likeness (QED) is 0.246. The van der Waals surface area contributed by atoms with E-state index in [-0.39, 0.29) is 31.2 Å². The molecular weight excluding hydrogens is 430 g/mol. The SMILES string of the molecule is Nc1ccn([C@H]2C[C@H](O)[C@@H](COC(=O)CCCCCCCCCCCCC(=O)O)O2)c(=O)n1. The summed E-state index contributed by atoms with van der Waals surface area (Å²) in [5, 5.41) is 18.8. The minimum atomic E-state index is -0.843. The van der Waals surface area contributed by atoms with Crippen LogP contribution < -0.4 is 11.4 Å². The van der Waals surface area contributed by atoms with Gasteiger partial charge in [0.1, 0.15) is 24.8 Å². The number of aromatic nitrogens is 2. The third-order valence-corrected chi connectivity index (χ3v) is 5.80. The molecule has 1 aromatic rings. The second-order valence-corrected chi connectivity index (χ2v) is 8.59. The highest BCUT2D eigenvalue weighted by Gasteiger charge is 2.36. The first-order valence-electron chi connectivity index (χ1n) is 11.9. The van der Waals surface area contributed by atoms with Crippen LogP contribution in [0.1, 0.15) is 89.7 Å². The number of aliphatic hydroxyl groups excluding tert-OH is 1. The number of ether oxygens (including phenoxy) is 2. The van der Waals surface area contributed by atoms with Gasteiger partial charge in [-0.25, -0.2) is 4.79 Å². The summed E-state index contributed by atoms with van der Waals surface area (Å²) in [5.41, 5.74) is 4.93. The van der Waals surface area contributed by atoms with Gasteiger partial charge in [0, 0.05) is 25.5 Å². The number of anilines is 1. The number of aliphatic carboxylic acids is 1. The lowest BCUT2D eigenvalue weighted by Crippen LogP contribution is -2.29. The van der Waals surface area contributed by atoms with Crippen LogP contribution in [0.15, 0.2) is 17.1 Å². The summed E-state index contributed by atoms with van der Waals surface area (Å²) in [6, 6.07) is 1.48. The molecule has 33 heavy (non-hydrogen) atoms. The Balaban J connectivity index is 1.48. The fourth-order valence-electron chi connectivity index (χ4n) is 3.89. The molecule has 1 aromatic heterocycles. The summed E-state index contributed by atoms with van der Waals surface area (Å²) in [4.78, 5) is 38.0. The number of hydrogen-bond donors (Lipinski definition) is 3. The van der Waals surface area contributed by atoms with Crippen molar-refractivity contribution in [3.05, 3.63) is 22.7 Å². The molecule has 0 aromatic carbocycles. The largest absolute Gasteiger partial charge is 0.481 e. The molecule has 0 spiro atoms. The second-order valence-electron chi connectivity index (χ2n) is 8.59. The molecule has 1 fully saturated rings. The molecule has 0 saturated carbocycles. The molecule has 4 N–H and O–H groups in total. The zero-order chi connectivity index (χ0) is 24.1. The van der Waals surface area contributed by atoms with E-state index >= 15 is 0 Å². The van der Waals surface area contributed by atoms with Crippen molar-refractivity contribution in [3.8, 4) is 0 Å². The molecular formula is C23H37N3O7. The Kier molecular flexibility index (Phi) is 11.9. The Hall–Kier alpha value is -2.46. The number of esters is 1. The van der Waals surface area contributed by atoms with E-state index < -0.39 is 30.1 Å². The fourth-order valence-corrected chi connectivity index (χ4v) is 3.89. The van der Waals surface area contributed by atoms with Gasteiger partial charge in [-0.2, -0.15) is 4.98 Å². The summed E-state index contributed by atoms with van der Waals surface area (Å²) < 4.78 is 12.2. The second kappa shape index (κ2) is 14.6. The van der Waals surface area contributed by atoms with Crippen molar-refractivity contribution >= 4 is 17.8 Å². The Morgan fingerprint density at radius 3 is 2.21 bits per heavy atom. The predicted molar refractivity (Wildman–Crippen MR) is 121 cm³/mol. The van der Waals surface area contributed by atoms with Crippen molar-refractivity contribution in [1.29, 1.82) is 0 Å². The minimum absolute atomic E-state index is 0.0554. The number of aliphatic hydroxyl groups is 1. The number of carboxylic acid groups (broad SMARTS) is 1. The highest BCUT2D eigenvalue weighted by molar-refractivity contribution is 5.69. The van der Waals surface area contributed by atoms with Gasteiger partial charge in [0.2, 0.25) is 0 Å². The lowest BCUT2D eigenvalue weighted by Gasteiger charge is -2.16. The van der Waals surface area contributed by atoms with Crippen LogP contribution in [0.25, 0.3) is 0 Å². The van der Waals surface area contributed by atoms with Gasteiger partial charge in [0.05, 0.1) is 6.10 Å². The molecule has 1 aliphatic rings. The highest BCUT2D eigenvalue weighted by atomic mass is 16.6. The molecule has 0 aliphatic carbocycles. The van der Waals surface area contributed by atoms with E-state index in [1.807, 2.05) is 0 Å². The first-order valence-corrected chi connectivity index (χ1v) is 11.9.